The molecule has 106 valence electrons. The van der Waals surface area contributed by atoms with E-state index in [4.69, 9.17) is 9.05 Å². The Balaban J connectivity index is 2.15. The minimum atomic E-state index is -2.99. The molecule has 1 N–H and O–H groups in total. The molecule has 0 saturated carbocycles. The van der Waals surface area contributed by atoms with Gasteiger partial charge in [-0.05, 0) is 43.5 Å². The fourth-order valence-electron chi connectivity index (χ4n) is 2.37. The Morgan fingerprint density at radius 1 is 1.21 bits per heavy atom. The molecule has 0 radical (unpaired) electrons. The maximum Gasteiger partial charge on any atom is 0.335 e. The Bertz CT molecular complexity index is 466. The first-order chi connectivity index (χ1) is 9.17. The van der Waals surface area contributed by atoms with Crippen molar-refractivity contribution in [3.05, 3.63) is 34.9 Å². The van der Waals surface area contributed by atoms with Gasteiger partial charge in [0.1, 0.15) is 0 Å². The van der Waals surface area contributed by atoms with Crippen LogP contribution >= 0.6 is 7.60 Å². The van der Waals surface area contributed by atoms with Crippen LogP contribution in [0.1, 0.15) is 30.5 Å². The molecule has 0 fully saturated rings. The summed E-state index contributed by atoms with van der Waals surface area (Å²) >= 11 is 0. The largest absolute Gasteiger partial charge is 0.335 e. The zero-order valence-electron chi connectivity index (χ0n) is 11.6. The normalized spacial score (nSPS) is 15.3. The quantitative estimate of drug-likeness (QED) is 0.815. The van der Waals surface area contributed by atoms with Crippen molar-refractivity contribution in [2.24, 2.45) is 0 Å². The van der Waals surface area contributed by atoms with Crippen molar-refractivity contribution in [1.82, 2.24) is 5.32 Å². The van der Waals surface area contributed by atoms with E-state index in [2.05, 4.69) is 17.4 Å². The van der Waals surface area contributed by atoms with E-state index < -0.39 is 7.60 Å². The first kappa shape index (κ1) is 14.7. The lowest BCUT2D eigenvalue weighted by molar-refractivity contribution is 0.219. The van der Waals surface area contributed by atoms with Crippen LogP contribution < -0.4 is 5.32 Å². The van der Waals surface area contributed by atoms with Crippen molar-refractivity contribution in [1.29, 1.82) is 0 Å². The molecule has 0 unspecified atom stereocenters. The lowest BCUT2D eigenvalue weighted by Crippen LogP contribution is -2.23. The topological polar surface area (TPSA) is 47.6 Å². The van der Waals surface area contributed by atoms with Crippen molar-refractivity contribution in [3.8, 4) is 0 Å². The van der Waals surface area contributed by atoms with E-state index in [9.17, 15) is 4.57 Å². The molecule has 4 nitrogen and oxygen atoms in total. The van der Waals surface area contributed by atoms with Gasteiger partial charge in [-0.15, -0.1) is 0 Å². The molecule has 0 aliphatic carbocycles. The molecule has 1 aliphatic rings. The zero-order chi connectivity index (χ0) is 13.7. The maximum atomic E-state index is 12.5. The van der Waals surface area contributed by atoms with Crippen LogP contribution in [-0.4, -0.2) is 19.8 Å². The van der Waals surface area contributed by atoms with Gasteiger partial charge in [-0.2, -0.15) is 0 Å². The van der Waals surface area contributed by atoms with Gasteiger partial charge in [0.05, 0.1) is 19.4 Å². The molecule has 1 aromatic carbocycles. The SMILES string of the molecule is CCOP(=O)(Cc1ccc2c(c1)CCNC2)OCC. The van der Waals surface area contributed by atoms with E-state index >= 15 is 0 Å². The molecule has 2 rings (SSSR count). The minimum absolute atomic E-state index is 0.357. The molecule has 5 heteroatoms. The zero-order valence-corrected chi connectivity index (χ0v) is 12.5. The maximum absolute atomic E-state index is 12.5. The molecule has 0 aromatic heterocycles. The summed E-state index contributed by atoms with van der Waals surface area (Å²) in [6.07, 6.45) is 1.38. The van der Waals surface area contributed by atoms with E-state index in [-0.39, 0.29) is 0 Å². The van der Waals surface area contributed by atoms with Crippen molar-refractivity contribution in [2.45, 2.75) is 33.0 Å². The van der Waals surface area contributed by atoms with E-state index in [1.54, 1.807) is 0 Å². The molecule has 0 spiro atoms. The average Bonchev–Trinajstić information content (AvgIpc) is 2.39. The number of rotatable bonds is 6. The van der Waals surface area contributed by atoms with Crippen LogP contribution in [0.3, 0.4) is 0 Å². The highest BCUT2D eigenvalue weighted by molar-refractivity contribution is 7.53. The lowest BCUT2D eigenvalue weighted by atomic mass is 9.99. The number of nitrogens with one attached hydrogen (secondary N) is 1. The summed E-state index contributed by atoms with van der Waals surface area (Å²) in [6.45, 7) is 6.42. The van der Waals surface area contributed by atoms with Gasteiger partial charge in [-0.1, -0.05) is 18.2 Å². The van der Waals surface area contributed by atoms with Gasteiger partial charge in [0, 0.05) is 6.54 Å². The molecule has 1 aliphatic heterocycles. The van der Waals surface area contributed by atoms with Crippen LogP contribution in [-0.2, 0) is 32.7 Å². The Kier molecular flexibility index (Phi) is 5.17. The second-order valence-corrected chi connectivity index (χ2v) is 6.69. The molecule has 0 saturated heterocycles. The standard InChI is InChI=1S/C14H22NO3P/c1-3-17-19(16,18-4-2)11-12-5-6-14-10-15-8-7-13(14)9-12/h5-6,9,15H,3-4,7-8,10-11H2,1-2H3. The van der Waals surface area contributed by atoms with Crippen molar-refractivity contribution in [3.63, 3.8) is 0 Å². The Morgan fingerprint density at radius 2 is 1.95 bits per heavy atom. The van der Waals surface area contributed by atoms with Crippen LogP contribution in [0.15, 0.2) is 18.2 Å². The van der Waals surface area contributed by atoms with E-state index in [0.29, 0.717) is 19.4 Å². The van der Waals surface area contributed by atoms with Gasteiger partial charge < -0.3 is 14.4 Å². The fraction of sp³-hybridized carbons (Fsp3) is 0.571. The van der Waals surface area contributed by atoms with Gasteiger partial charge in [-0.25, -0.2) is 0 Å². The molecule has 1 heterocycles. The molecule has 19 heavy (non-hydrogen) atoms. The summed E-state index contributed by atoms with van der Waals surface area (Å²) in [7, 11) is -2.99. The van der Waals surface area contributed by atoms with Gasteiger partial charge in [0.2, 0.25) is 0 Å². The van der Waals surface area contributed by atoms with Crippen molar-refractivity contribution in [2.75, 3.05) is 19.8 Å². The fourth-order valence-corrected chi connectivity index (χ4v) is 4.06. The monoisotopic (exact) mass is 283 g/mol. The van der Waals surface area contributed by atoms with Crippen molar-refractivity contribution >= 4 is 7.60 Å². The first-order valence-corrected chi connectivity index (χ1v) is 8.59. The number of fused-ring (bicyclic) bond motifs is 1. The number of hydrogen-bond donors (Lipinski definition) is 1. The van der Waals surface area contributed by atoms with Crippen LogP contribution in [0, 0.1) is 0 Å². The lowest BCUT2D eigenvalue weighted by Gasteiger charge is -2.20. The smallest absolute Gasteiger partial charge is 0.312 e. The first-order valence-electron chi connectivity index (χ1n) is 6.86. The van der Waals surface area contributed by atoms with Crippen LogP contribution in [0.4, 0.5) is 0 Å². The summed E-state index contributed by atoms with van der Waals surface area (Å²) in [5.74, 6) is 0. The summed E-state index contributed by atoms with van der Waals surface area (Å²) in [5.41, 5.74) is 3.71. The molecule has 0 bridgehead atoms. The molecular formula is C14H22NO3P. The predicted octanol–water partition coefficient (Wildman–Crippen LogP) is 3.10. The number of benzene rings is 1. The van der Waals surface area contributed by atoms with Crippen LogP contribution in [0.2, 0.25) is 0 Å². The third-order valence-corrected chi connectivity index (χ3v) is 5.24. The molecule has 1 aromatic rings. The summed E-state index contributed by atoms with van der Waals surface area (Å²) in [5, 5.41) is 3.35. The highest BCUT2D eigenvalue weighted by Gasteiger charge is 2.24. The molecule has 0 amide bonds. The third-order valence-electron chi connectivity index (χ3n) is 3.19. The minimum Gasteiger partial charge on any atom is -0.312 e. The second-order valence-electron chi connectivity index (χ2n) is 4.63. The van der Waals surface area contributed by atoms with E-state index in [1.165, 1.54) is 11.1 Å². The molecule has 0 atom stereocenters. The Hall–Kier alpha value is -0.670. The highest BCUT2D eigenvalue weighted by atomic mass is 31.2. The van der Waals surface area contributed by atoms with E-state index in [0.717, 1.165) is 25.1 Å². The summed E-state index contributed by atoms with van der Waals surface area (Å²) < 4.78 is 23.2. The van der Waals surface area contributed by atoms with E-state index in [1.807, 2.05) is 19.9 Å². The van der Waals surface area contributed by atoms with Gasteiger partial charge in [-0.3, -0.25) is 4.57 Å². The Morgan fingerprint density at radius 3 is 2.63 bits per heavy atom. The number of hydrogen-bond acceptors (Lipinski definition) is 4. The van der Waals surface area contributed by atoms with Crippen molar-refractivity contribution < 1.29 is 13.6 Å². The highest BCUT2D eigenvalue weighted by Crippen LogP contribution is 2.51. The Labute approximate surface area is 115 Å². The second kappa shape index (κ2) is 6.67. The van der Waals surface area contributed by atoms with Crippen LogP contribution in [0.25, 0.3) is 0 Å². The van der Waals surface area contributed by atoms with Gasteiger partial charge in [0.25, 0.3) is 0 Å². The summed E-state index contributed by atoms with van der Waals surface area (Å²) in [4.78, 5) is 0. The summed E-state index contributed by atoms with van der Waals surface area (Å²) in [6, 6.07) is 6.27. The molecular weight excluding hydrogens is 261 g/mol. The van der Waals surface area contributed by atoms with Gasteiger partial charge in [0.15, 0.2) is 0 Å². The third kappa shape index (κ3) is 3.90. The van der Waals surface area contributed by atoms with Crippen LogP contribution in [0.5, 0.6) is 0 Å². The van der Waals surface area contributed by atoms with Gasteiger partial charge >= 0.3 is 7.60 Å². The average molecular weight is 283 g/mol. The predicted molar refractivity (Wildman–Crippen MR) is 76.4 cm³/mol.